The molecule has 0 saturated carbocycles. The maximum Gasteiger partial charge on any atom is 0.485 e. The van der Waals surface area contributed by atoms with Gasteiger partial charge in [-0.25, -0.2) is 9.79 Å². The summed E-state index contributed by atoms with van der Waals surface area (Å²) in [6.45, 7) is 0.973. The predicted octanol–water partition coefficient (Wildman–Crippen LogP) is 0.310. The van der Waals surface area contributed by atoms with Crippen molar-refractivity contribution in [3.63, 3.8) is 0 Å². The first-order chi connectivity index (χ1) is 8.75. The van der Waals surface area contributed by atoms with E-state index in [1.807, 2.05) is 0 Å². The number of carbonyl (C=O) groups excluding carboxylic acids is 2. The summed E-state index contributed by atoms with van der Waals surface area (Å²) in [7, 11) is 0. The minimum absolute atomic E-state index is 0.467. The number of hydrogen-bond donors (Lipinski definition) is 0. The Kier molecular flexibility index (Phi) is 2.40. The topological polar surface area (TPSA) is 68.0 Å². The molecule has 0 N–H and O–H groups in total. The maximum atomic E-state index is 11.7. The summed E-state index contributed by atoms with van der Waals surface area (Å²) < 4.78 is 12.0. The Morgan fingerprint density at radius 3 is 2.72 bits per heavy atom. The van der Waals surface area contributed by atoms with Crippen LogP contribution in [-0.2, 0) is 9.59 Å². The van der Waals surface area contributed by atoms with Crippen molar-refractivity contribution >= 4 is 29.9 Å². The second-order valence-corrected chi connectivity index (χ2v) is 3.74. The highest BCUT2D eigenvalue weighted by molar-refractivity contribution is 6.39. The Bertz CT molecular complexity index is 604. The summed E-state index contributed by atoms with van der Waals surface area (Å²) in [6, 6.07) is 5.06. The highest BCUT2D eigenvalue weighted by atomic mass is 16.6. The highest BCUT2D eigenvalue weighted by Crippen LogP contribution is 2.33. The van der Waals surface area contributed by atoms with Gasteiger partial charge in [-0.05, 0) is 6.07 Å². The van der Waals surface area contributed by atoms with Crippen molar-refractivity contribution < 1.29 is 23.6 Å². The van der Waals surface area contributed by atoms with E-state index in [-0.39, 0.29) is 0 Å². The predicted molar refractivity (Wildman–Crippen MR) is 61.9 cm³/mol. The van der Waals surface area contributed by atoms with Crippen molar-refractivity contribution in [2.45, 2.75) is 0 Å². The van der Waals surface area contributed by atoms with Crippen LogP contribution in [0, 0.1) is 0 Å². The molecule has 0 aromatic heterocycles. The van der Waals surface area contributed by atoms with Crippen LogP contribution >= 0.6 is 0 Å². The van der Waals surface area contributed by atoms with Gasteiger partial charge in [-0.15, -0.1) is 4.58 Å². The Morgan fingerprint density at radius 2 is 1.89 bits per heavy atom. The third-order valence-electron chi connectivity index (χ3n) is 2.61. The van der Waals surface area contributed by atoms with E-state index in [0.717, 1.165) is 0 Å². The van der Waals surface area contributed by atoms with Crippen LogP contribution < -0.4 is 9.47 Å². The fourth-order valence-corrected chi connectivity index (χ4v) is 1.78. The lowest BCUT2D eigenvalue weighted by molar-refractivity contribution is -0.356. The van der Waals surface area contributed by atoms with Crippen molar-refractivity contribution in [1.29, 1.82) is 0 Å². The standard InChI is InChI=1S/C12H9N2O4/c15-11-12(16)14(4-3-13-11)8-1-2-9-10(7-8)18-6-5-17-9/h1-4,7H,5-6H2/q+1. The smallest absolute Gasteiger partial charge is 0.485 e. The van der Waals surface area contributed by atoms with Gasteiger partial charge < -0.3 is 9.47 Å². The second kappa shape index (κ2) is 4.06. The van der Waals surface area contributed by atoms with E-state index < -0.39 is 11.8 Å². The Hall–Kier alpha value is -2.50. The molecule has 0 atom stereocenters. The largest absolute Gasteiger partial charge is 0.486 e. The number of rotatable bonds is 1. The number of ether oxygens (including phenoxy) is 2. The van der Waals surface area contributed by atoms with Crippen molar-refractivity contribution in [2.24, 2.45) is 4.99 Å². The molecule has 2 aliphatic rings. The van der Waals surface area contributed by atoms with Crippen LogP contribution in [0.1, 0.15) is 0 Å². The molecule has 2 aliphatic heterocycles. The summed E-state index contributed by atoms with van der Waals surface area (Å²) in [5.41, 5.74) is 0.545. The molecule has 0 aliphatic carbocycles. The van der Waals surface area contributed by atoms with Crippen molar-refractivity contribution in [3.05, 3.63) is 18.2 Å². The summed E-state index contributed by atoms with van der Waals surface area (Å²) in [6.07, 6.45) is 2.73. The third-order valence-corrected chi connectivity index (χ3v) is 2.61. The van der Waals surface area contributed by atoms with E-state index in [9.17, 15) is 9.59 Å². The lowest BCUT2D eigenvalue weighted by atomic mass is 10.2. The van der Waals surface area contributed by atoms with E-state index in [0.29, 0.717) is 30.4 Å². The normalized spacial score (nSPS) is 17.7. The Morgan fingerprint density at radius 1 is 1.11 bits per heavy atom. The van der Waals surface area contributed by atoms with E-state index >= 15 is 0 Å². The van der Waals surface area contributed by atoms with Gasteiger partial charge in [-0.1, -0.05) is 0 Å². The van der Waals surface area contributed by atoms with Crippen molar-refractivity contribution in [2.75, 3.05) is 13.2 Å². The van der Waals surface area contributed by atoms with Crippen LogP contribution in [0.15, 0.2) is 23.2 Å². The molecule has 3 rings (SSSR count). The number of carbonyl (C=O) groups is 2. The molecule has 6 nitrogen and oxygen atoms in total. The number of hydrogen-bond acceptors (Lipinski definition) is 4. The van der Waals surface area contributed by atoms with Crippen LogP contribution in [0.25, 0.3) is 0 Å². The zero-order chi connectivity index (χ0) is 12.5. The number of fused-ring (bicyclic) bond motifs is 1. The molecule has 0 radical (unpaired) electrons. The molecule has 18 heavy (non-hydrogen) atoms. The van der Waals surface area contributed by atoms with Crippen LogP contribution in [0.3, 0.4) is 0 Å². The third kappa shape index (κ3) is 1.67. The van der Waals surface area contributed by atoms with Crippen molar-refractivity contribution in [1.82, 2.24) is 0 Å². The van der Waals surface area contributed by atoms with E-state index in [4.69, 9.17) is 9.47 Å². The first kappa shape index (κ1) is 10.6. The molecule has 0 unspecified atom stereocenters. The van der Waals surface area contributed by atoms with Crippen LogP contribution in [0.4, 0.5) is 5.69 Å². The van der Waals surface area contributed by atoms with Crippen LogP contribution in [0.5, 0.6) is 11.5 Å². The summed E-state index contributed by atoms with van der Waals surface area (Å²) in [5, 5.41) is 0. The SMILES string of the molecule is O=C1N=CC=[N+](c2ccc3c(c2)OCCO3)C1=O. The second-order valence-electron chi connectivity index (χ2n) is 3.74. The number of nitrogens with zero attached hydrogens (tertiary/aromatic N) is 2. The molecular formula is C12H9N2O4+. The van der Waals surface area contributed by atoms with Gasteiger partial charge in [-0.2, -0.15) is 0 Å². The molecule has 6 heteroatoms. The lowest BCUT2D eigenvalue weighted by Crippen LogP contribution is -2.29. The Labute approximate surface area is 102 Å². The molecule has 90 valence electrons. The van der Waals surface area contributed by atoms with E-state index in [1.165, 1.54) is 17.0 Å². The Balaban J connectivity index is 2.02. The minimum atomic E-state index is -0.785. The molecule has 1 aromatic carbocycles. The zero-order valence-electron chi connectivity index (χ0n) is 9.33. The zero-order valence-corrected chi connectivity index (χ0v) is 9.33. The molecule has 0 fully saturated rings. The minimum Gasteiger partial charge on any atom is -0.486 e. The van der Waals surface area contributed by atoms with E-state index in [1.54, 1.807) is 18.2 Å². The maximum absolute atomic E-state index is 11.7. The summed E-state index contributed by atoms with van der Waals surface area (Å²) >= 11 is 0. The summed E-state index contributed by atoms with van der Waals surface area (Å²) in [4.78, 5) is 26.3. The number of aliphatic imine (C=N–C) groups is 1. The van der Waals surface area contributed by atoms with Crippen LogP contribution in [-0.4, -0.2) is 42.0 Å². The monoisotopic (exact) mass is 245 g/mol. The fraction of sp³-hybridized carbons (Fsp3) is 0.167. The van der Waals surface area contributed by atoms with Gasteiger partial charge in [0.05, 0.1) is 12.3 Å². The molecular weight excluding hydrogens is 236 g/mol. The fourth-order valence-electron chi connectivity index (χ4n) is 1.78. The van der Waals surface area contributed by atoms with Gasteiger partial charge in [-0.3, -0.25) is 4.79 Å². The average Bonchev–Trinajstić information content (AvgIpc) is 2.41. The van der Waals surface area contributed by atoms with Gasteiger partial charge in [0.25, 0.3) is 0 Å². The highest BCUT2D eigenvalue weighted by Gasteiger charge is 2.31. The van der Waals surface area contributed by atoms with E-state index in [2.05, 4.69) is 4.99 Å². The molecule has 0 bridgehead atoms. The van der Waals surface area contributed by atoms with Crippen LogP contribution in [0.2, 0.25) is 0 Å². The van der Waals surface area contributed by atoms with Gasteiger partial charge in [0.1, 0.15) is 13.2 Å². The summed E-state index contributed by atoms with van der Waals surface area (Å²) in [5.74, 6) is -0.272. The lowest BCUT2D eigenvalue weighted by Gasteiger charge is -2.17. The molecule has 2 amide bonds. The molecule has 0 spiro atoms. The van der Waals surface area contributed by atoms with Gasteiger partial charge in [0, 0.05) is 6.07 Å². The number of amides is 2. The molecule has 2 heterocycles. The first-order valence-corrected chi connectivity index (χ1v) is 5.40. The van der Waals surface area contributed by atoms with Crippen molar-refractivity contribution in [3.8, 4) is 11.5 Å². The molecule has 1 aromatic rings. The average molecular weight is 245 g/mol. The van der Waals surface area contributed by atoms with Gasteiger partial charge in [0.15, 0.2) is 17.7 Å². The quantitative estimate of drug-likeness (QED) is 0.527. The van der Waals surface area contributed by atoms with Gasteiger partial charge >= 0.3 is 11.8 Å². The van der Waals surface area contributed by atoms with Gasteiger partial charge in [0.2, 0.25) is 5.69 Å². The number of benzene rings is 1. The first-order valence-electron chi connectivity index (χ1n) is 5.40. The molecule has 0 saturated heterocycles.